The van der Waals surface area contributed by atoms with Gasteiger partial charge in [-0.15, -0.1) is 0 Å². The number of carbonyl (C=O) groups is 2. The molecule has 29 heavy (non-hydrogen) atoms. The van der Waals surface area contributed by atoms with Crippen LogP contribution in [0, 0.1) is 6.92 Å². The van der Waals surface area contributed by atoms with E-state index in [1.54, 1.807) is 16.7 Å². The van der Waals surface area contributed by atoms with Crippen molar-refractivity contribution in [2.24, 2.45) is 0 Å². The van der Waals surface area contributed by atoms with Crippen molar-refractivity contribution >= 4 is 29.4 Å². The van der Waals surface area contributed by atoms with Gasteiger partial charge in [0.05, 0.1) is 0 Å². The predicted octanol–water partition coefficient (Wildman–Crippen LogP) is 2.15. The van der Waals surface area contributed by atoms with Crippen LogP contribution in [-0.4, -0.2) is 59.0 Å². The molecule has 0 saturated carbocycles. The largest absolute Gasteiger partial charge is 0.433 e. The number of aryl methyl sites for hydroxylation is 1. The first-order chi connectivity index (χ1) is 13.6. The average Bonchev–Trinajstić information content (AvgIpc) is 2.64. The van der Waals surface area contributed by atoms with Crippen molar-refractivity contribution in [1.29, 1.82) is 0 Å². The Bertz CT molecular complexity index is 724. The molecular weight excluding hydrogens is 407 g/mol. The first-order valence-electron chi connectivity index (χ1n) is 9.34. The van der Waals surface area contributed by atoms with Gasteiger partial charge in [-0.3, -0.25) is 9.59 Å². The minimum atomic E-state index is -4.52. The molecule has 0 spiro atoms. The second-order valence-electron chi connectivity index (χ2n) is 6.96. The Morgan fingerprint density at radius 3 is 2.52 bits per heavy atom. The van der Waals surface area contributed by atoms with Crippen molar-refractivity contribution in [1.82, 2.24) is 20.6 Å². The summed E-state index contributed by atoms with van der Waals surface area (Å²) in [5, 5.41) is 5.62. The third kappa shape index (κ3) is 7.06. The number of amides is 2. The fraction of sp³-hybridized carbons (Fsp3) is 0.667. The molecule has 7 nitrogen and oxygen atoms in total. The van der Waals surface area contributed by atoms with E-state index in [1.165, 1.54) is 13.8 Å². The van der Waals surface area contributed by atoms with Gasteiger partial charge in [-0.2, -0.15) is 24.9 Å². The summed E-state index contributed by atoms with van der Waals surface area (Å²) in [6, 6.07) is 0.271. The Labute approximate surface area is 172 Å². The van der Waals surface area contributed by atoms with Gasteiger partial charge in [0.15, 0.2) is 0 Å². The second kappa shape index (κ2) is 10.1. The highest BCUT2D eigenvalue weighted by Gasteiger charge is 2.34. The van der Waals surface area contributed by atoms with Crippen LogP contribution >= 0.6 is 11.8 Å². The quantitative estimate of drug-likeness (QED) is 0.685. The van der Waals surface area contributed by atoms with Gasteiger partial charge in [0.2, 0.25) is 11.8 Å². The Kier molecular flexibility index (Phi) is 8.12. The van der Waals surface area contributed by atoms with E-state index in [0.29, 0.717) is 32.4 Å². The van der Waals surface area contributed by atoms with E-state index in [1.807, 2.05) is 6.26 Å². The zero-order chi connectivity index (χ0) is 21.6. The van der Waals surface area contributed by atoms with Gasteiger partial charge in [0.25, 0.3) is 0 Å². The molecule has 0 unspecified atom stereocenters. The van der Waals surface area contributed by atoms with Gasteiger partial charge < -0.3 is 15.5 Å². The molecule has 0 bridgehead atoms. The molecule has 162 valence electrons. The lowest BCUT2D eigenvalue weighted by Gasteiger charge is -2.34. The lowest BCUT2D eigenvalue weighted by molar-refractivity contribution is -0.141. The van der Waals surface area contributed by atoms with Gasteiger partial charge in [-0.05, 0) is 38.2 Å². The molecule has 2 amide bonds. The summed E-state index contributed by atoms with van der Waals surface area (Å²) in [5.41, 5.74) is -0.956. The van der Waals surface area contributed by atoms with E-state index in [2.05, 4.69) is 20.6 Å². The molecule has 1 aromatic rings. The molecule has 1 aliphatic rings. The Morgan fingerprint density at radius 2 is 1.97 bits per heavy atom. The molecule has 1 atom stereocenters. The number of rotatable bonds is 7. The number of hydrogen-bond donors (Lipinski definition) is 2. The summed E-state index contributed by atoms with van der Waals surface area (Å²) in [7, 11) is 0. The first-order valence-corrected chi connectivity index (χ1v) is 10.7. The Hall–Kier alpha value is -2.04. The second-order valence-corrected chi connectivity index (χ2v) is 7.95. The summed E-state index contributed by atoms with van der Waals surface area (Å²) < 4.78 is 39.0. The third-order valence-electron chi connectivity index (χ3n) is 4.58. The lowest BCUT2D eigenvalue weighted by Crippen LogP contribution is -2.52. The number of nitrogens with one attached hydrogen (secondary N) is 2. The summed E-state index contributed by atoms with van der Waals surface area (Å²) in [6.07, 6.45) is -0.912. The minimum Gasteiger partial charge on any atom is -0.356 e. The van der Waals surface area contributed by atoms with Crippen LogP contribution in [0.25, 0.3) is 0 Å². The highest BCUT2D eigenvalue weighted by Crippen LogP contribution is 2.30. The van der Waals surface area contributed by atoms with Crippen LogP contribution in [-0.2, 0) is 15.8 Å². The summed E-state index contributed by atoms with van der Waals surface area (Å²) in [6.45, 7) is 3.74. The van der Waals surface area contributed by atoms with Gasteiger partial charge in [-0.1, -0.05) is 0 Å². The minimum absolute atomic E-state index is 0.0668. The zero-order valence-corrected chi connectivity index (χ0v) is 17.5. The molecule has 2 N–H and O–H groups in total. The average molecular weight is 434 g/mol. The number of thioether (sulfide) groups is 1. The SMILES string of the molecule is CSCC[C@@H](NC(C)=O)C(=O)NC1CCN(c2cc(C(F)(F)F)nc(C)n2)CC1. The van der Waals surface area contributed by atoms with Crippen LogP contribution in [0.1, 0.15) is 37.7 Å². The smallest absolute Gasteiger partial charge is 0.356 e. The van der Waals surface area contributed by atoms with Crippen LogP contribution in [0.15, 0.2) is 6.07 Å². The fourth-order valence-electron chi connectivity index (χ4n) is 3.16. The molecule has 11 heteroatoms. The van der Waals surface area contributed by atoms with E-state index in [-0.39, 0.29) is 29.5 Å². The van der Waals surface area contributed by atoms with Gasteiger partial charge in [-0.25, -0.2) is 9.97 Å². The van der Waals surface area contributed by atoms with Gasteiger partial charge in [0, 0.05) is 32.1 Å². The maximum absolute atomic E-state index is 13.0. The number of nitrogens with zero attached hydrogens (tertiary/aromatic N) is 3. The molecule has 1 aliphatic heterocycles. The molecule has 1 fully saturated rings. The molecule has 1 saturated heterocycles. The molecule has 0 radical (unpaired) electrons. The molecule has 1 aromatic heterocycles. The Balaban J connectivity index is 1.95. The standard InChI is InChI=1S/C18H26F3N5O2S/c1-11-22-15(18(19,20)21)10-16(23-11)26-7-4-13(5-8-26)25-17(28)14(6-9-29-3)24-12(2)27/h10,13-14H,4-9H2,1-3H3,(H,24,27)(H,25,28)/t14-/m1/s1. The van der Waals surface area contributed by atoms with E-state index >= 15 is 0 Å². The summed E-state index contributed by atoms with van der Waals surface area (Å²) in [4.78, 5) is 33.2. The van der Waals surface area contributed by atoms with Crippen LogP contribution in [0.5, 0.6) is 0 Å². The normalized spacial score (nSPS) is 16.4. The number of piperidine rings is 1. The van der Waals surface area contributed by atoms with Crippen molar-refractivity contribution < 1.29 is 22.8 Å². The molecular formula is C18H26F3N5O2S. The highest BCUT2D eigenvalue weighted by molar-refractivity contribution is 7.98. The zero-order valence-electron chi connectivity index (χ0n) is 16.7. The van der Waals surface area contributed by atoms with Crippen molar-refractivity contribution in [3.05, 3.63) is 17.6 Å². The summed E-state index contributed by atoms with van der Waals surface area (Å²) >= 11 is 1.59. The number of carbonyl (C=O) groups excluding carboxylic acids is 2. The molecule has 0 aromatic carbocycles. The van der Waals surface area contributed by atoms with E-state index < -0.39 is 17.9 Å². The predicted molar refractivity (Wildman–Crippen MR) is 106 cm³/mol. The maximum Gasteiger partial charge on any atom is 0.433 e. The Morgan fingerprint density at radius 1 is 1.31 bits per heavy atom. The lowest BCUT2D eigenvalue weighted by atomic mass is 10.0. The molecule has 0 aliphatic carbocycles. The van der Waals surface area contributed by atoms with Gasteiger partial charge in [0.1, 0.15) is 23.4 Å². The van der Waals surface area contributed by atoms with E-state index in [0.717, 1.165) is 11.8 Å². The number of halogens is 3. The number of anilines is 1. The van der Waals surface area contributed by atoms with Crippen molar-refractivity contribution in [2.45, 2.75) is 51.4 Å². The molecule has 2 heterocycles. The van der Waals surface area contributed by atoms with Crippen LogP contribution in [0.2, 0.25) is 0 Å². The third-order valence-corrected chi connectivity index (χ3v) is 5.23. The number of aromatic nitrogens is 2. The maximum atomic E-state index is 13.0. The van der Waals surface area contributed by atoms with E-state index in [9.17, 15) is 22.8 Å². The molecule has 2 rings (SSSR count). The van der Waals surface area contributed by atoms with Crippen LogP contribution in [0.4, 0.5) is 19.0 Å². The van der Waals surface area contributed by atoms with Gasteiger partial charge >= 0.3 is 6.18 Å². The van der Waals surface area contributed by atoms with Crippen molar-refractivity contribution in [3.8, 4) is 0 Å². The first kappa shape index (κ1) is 23.2. The van der Waals surface area contributed by atoms with Crippen LogP contribution < -0.4 is 15.5 Å². The summed E-state index contributed by atoms with van der Waals surface area (Å²) in [5.74, 6) is 0.555. The number of alkyl halides is 3. The van der Waals surface area contributed by atoms with Crippen molar-refractivity contribution in [2.75, 3.05) is 30.0 Å². The topological polar surface area (TPSA) is 87.2 Å². The number of hydrogen-bond acceptors (Lipinski definition) is 6. The fourth-order valence-corrected chi connectivity index (χ4v) is 3.64. The monoisotopic (exact) mass is 433 g/mol. The van der Waals surface area contributed by atoms with E-state index in [4.69, 9.17) is 0 Å². The van der Waals surface area contributed by atoms with Crippen LogP contribution in [0.3, 0.4) is 0 Å². The van der Waals surface area contributed by atoms with Crippen molar-refractivity contribution in [3.63, 3.8) is 0 Å². The highest BCUT2D eigenvalue weighted by atomic mass is 32.2.